The molecule has 0 bridgehead atoms. The lowest BCUT2D eigenvalue weighted by molar-refractivity contribution is 0.180. The van der Waals surface area contributed by atoms with E-state index in [4.69, 9.17) is 0 Å². The predicted octanol–water partition coefficient (Wildman–Crippen LogP) is 2.40. The second-order valence-corrected chi connectivity index (χ2v) is 4.91. The van der Waals surface area contributed by atoms with E-state index in [2.05, 4.69) is 22.6 Å². The van der Waals surface area contributed by atoms with Gasteiger partial charge in [0.2, 0.25) is 0 Å². The van der Waals surface area contributed by atoms with E-state index >= 15 is 0 Å². The van der Waals surface area contributed by atoms with E-state index in [-0.39, 0.29) is 6.03 Å². The number of nitrogens with zero attached hydrogens (tertiary/aromatic N) is 2. The van der Waals surface area contributed by atoms with Gasteiger partial charge < -0.3 is 9.80 Å². The zero-order valence-corrected chi connectivity index (χ0v) is 11.4. The molecule has 0 fully saturated rings. The minimum absolute atomic E-state index is 0.0218. The molecule has 0 heterocycles. The SMILES string of the molecule is CN(C)C(=O)N(C)Cc1ccc(I)cc1. The van der Waals surface area contributed by atoms with Crippen LogP contribution in [0.4, 0.5) is 4.79 Å². The molecular formula is C11H15IN2O. The largest absolute Gasteiger partial charge is 0.331 e. The Kier molecular flexibility index (Phi) is 4.38. The highest BCUT2D eigenvalue weighted by atomic mass is 127. The monoisotopic (exact) mass is 318 g/mol. The lowest BCUT2D eigenvalue weighted by Gasteiger charge is -2.21. The quantitative estimate of drug-likeness (QED) is 0.768. The average Bonchev–Trinajstić information content (AvgIpc) is 2.20. The molecule has 0 saturated carbocycles. The number of rotatable bonds is 2. The summed E-state index contributed by atoms with van der Waals surface area (Å²) in [6, 6.07) is 8.20. The number of hydrogen-bond acceptors (Lipinski definition) is 1. The van der Waals surface area contributed by atoms with Crippen LogP contribution in [0, 0.1) is 3.57 Å². The third-order valence-electron chi connectivity index (χ3n) is 2.04. The fraction of sp³-hybridized carbons (Fsp3) is 0.364. The topological polar surface area (TPSA) is 23.6 Å². The van der Waals surface area contributed by atoms with Crippen molar-refractivity contribution in [1.82, 2.24) is 9.80 Å². The van der Waals surface area contributed by atoms with Gasteiger partial charge >= 0.3 is 6.03 Å². The standard InChI is InChI=1S/C11H15IN2O/c1-13(2)11(15)14(3)8-9-4-6-10(12)7-5-9/h4-7H,8H2,1-3H3. The van der Waals surface area contributed by atoms with Crippen LogP contribution in [-0.2, 0) is 6.54 Å². The molecule has 0 N–H and O–H groups in total. The summed E-state index contributed by atoms with van der Waals surface area (Å²) in [5.41, 5.74) is 1.15. The van der Waals surface area contributed by atoms with Crippen molar-refractivity contribution in [1.29, 1.82) is 0 Å². The van der Waals surface area contributed by atoms with Crippen molar-refractivity contribution in [2.24, 2.45) is 0 Å². The molecule has 0 aliphatic heterocycles. The van der Waals surface area contributed by atoms with Crippen molar-refractivity contribution in [2.45, 2.75) is 6.54 Å². The van der Waals surface area contributed by atoms with E-state index in [9.17, 15) is 4.79 Å². The average molecular weight is 318 g/mol. The summed E-state index contributed by atoms with van der Waals surface area (Å²) in [7, 11) is 5.32. The fourth-order valence-electron chi connectivity index (χ4n) is 1.27. The first-order valence-electron chi connectivity index (χ1n) is 4.67. The minimum atomic E-state index is 0.0218. The normalized spacial score (nSPS) is 9.87. The number of carbonyl (C=O) groups is 1. The van der Waals surface area contributed by atoms with Crippen LogP contribution in [-0.4, -0.2) is 37.0 Å². The molecule has 0 spiro atoms. The molecule has 0 saturated heterocycles. The van der Waals surface area contributed by atoms with Gasteiger partial charge in [0, 0.05) is 31.3 Å². The predicted molar refractivity (Wildman–Crippen MR) is 69.7 cm³/mol. The molecule has 0 aromatic heterocycles. The van der Waals surface area contributed by atoms with Crippen molar-refractivity contribution in [3.63, 3.8) is 0 Å². The zero-order chi connectivity index (χ0) is 11.4. The Morgan fingerprint density at radius 2 is 1.73 bits per heavy atom. The molecule has 4 heteroatoms. The van der Waals surface area contributed by atoms with Gasteiger partial charge in [-0.1, -0.05) is 12.1 Å². The van der Waals surface area contributed by atoms with Gasteiger partial charge in [-0.3, -0.25) is 0 Å². The first kappa shape index (κ1) is 12.3. The molecule has 2 amide bonds. The van der Waals surface area contributed by atoms with Gasteiger partial charge in [-0.15, -0.1) is 0 Å². The van der Waals surface area contributed by atoms with Gasteiger partial charge in [-0.2, -0.15) is 0 Å². The Bertz CT molecular complexity index is 335. The fourth-order valence-corrected chi connectivity index (χ4v) is 1.63. The van der Waals surface area contributed by atoms with E-state index in [1.54, 1.807) is 30.9 Å². The summed E-state index contributed by atoms with van der Waals surface area (Å²) < 4.78 is 1.21. The van der Waals surface area contributed by atoms with Crippen molar-refractivity contribution < 1.29 is 4.79 Å². The number of halogens is 1. The maximum absolute atomic E-state index is 11.6. The van der Waals surface area contributed by atoms with Gasteiger partial charge in [-0.25, -0.2) is 4.79 Å². The Morgan fingerprint density at radius 3 is 2.20 bits per heavy atom. The van der Waals surface area contributed by atoms with Crippen molar-refractivity contribution in [3.8, 4) is 0 Å². The molecular weight excluding hydrogens is 303 g/mol. The van der Waals surface area contributed by atoms with E-state index in [0.717, 1.165) is 5.56 Å². The van der Waals surface area contributed by atoms with Crippen LogP contribution in [0.25, 0.3) is 0 Å². The first-order valence-corrected chi connectivity index (χ1v) is 5.75. The number of carbonyl (C=O) groups excluding carboxylic acids is 1. The second kappa shape index (κ2) is 5.34. The minimum Gasteiger partial charge on any atom is -0.331 e. The van der Waals surface area contributed by atoms with Crippen LogP contribution >= 0.6 is 22.6 Å². The third kappa shape index (κ3) is 3.70. The maximum atomic E-state index is 11.6. The van der Waals surface area contributed by atoms with Gasteiger partial charge in [0.1, 0.15) is 0 Å². The summed E-state index contributed by atoms with van der Waals surface area (Å²) >= 11 is 2.27. The van der Waals surface area contributed by atoms with Crippen molar-refractivity contribution in [3.05, 3.63) is 33.4 Å². The van der Waals surface area contributed by atoms with Crippen LogP contribution in [0.5, 0.6) is 0 Å². The summed E-state index contributed by atoms with van der Waals surface area (Å²) in [4.78, 5) is 14.8. The van der Waals surface area contributed by atoms with Crippen LogP contribution in [0.15, 0.2) is 24.3 Å². The molecule has 1 rings (SSSR count). The zero-order valence-electron chi connectivity index (χ0n) is 9.20. The Hall–Kier alpha value is -0.780. The van der Waals surface area contributed by atoms with E-state index < -0.39 is 0 Å². The molecule has 0 unspecified atom stereocenters. The molecule has 0 radical (unpaired) electrons. The van der Waals surface area contributed by atoms with Crippen LogP contribution in [0.3, 0.4) is 0 Å². The Labute approximate surface area is 104 Å². The Balaban J connectivity index is 2.62. The highest BCUT2D eigenvalue weighted by Gasteiger charge is 2.10. The van der Waals surface area contributed by atoms with Crippen LogP contribution in [0.2, 0.25) is 0 Å². The molecule has 0 atom stereocenters. The molecule has 0 aliphatic carbocycles. The molecule has 82 valence electrons. The van der Waals surface area contributed by atoms with Gasteiger partial charge in [-0.05, 0) is 40.3 Å². The van der Waals surface area contributed by atoms with Gasteiger partial charge in [0.15, 0.2) is 0 Å². The molecule has 0 aliphatic rings. The summed E-state index contributed by atoms with van der Waals surface area (Å²) in [6.45, 7) is 0.647. The van der Waals surface area contributed by atoms with E-state index in [1.165, 1.54) is 3.57 Å². The number of hydrogen-bond donors (Lipinski definition) is 0. The lowest BCUT2D eigenvalue weighted by Crippen LogP contribution is -2.35. The summed E-state index contributed by atoms with van der Waals surface area (Å²) in [5.74, 6) is 0. The van der Waals surface area contributed by atoms with Crippen LogP contribution < -0.4 is 0 Å². The highest BCUT2D eigenvalue weighted by molar-refractivity contribution is 14.1. The lowest BCUT2D eigenvalue weighted by atomic mass is 10.2. The highest BCUT2D eigenvalue weighted by Crippen LogP contribution is 2.09. The maximum Gasteiger partial charge on any atom is 0.319 e. The smallest absolute Gasteiger partial charge is 0.319 e. The van der Waals surface area contributed by atoms with Crippen LogP contribution in [0.1, 0.15) is 5.56 Å². The number of amides is 2. The molecule has 1 aromatic rings. The molecule has 3 nitrogen and oxygen atoms in total. The number of benzene rings is 1. The van der Waals surface area contributed by atoms with Gasteiger partial charge in [0.25, 0.3) is 0 Å². The second-order valence-electron chi connectivity index (χ2n) is 3.66. The van der Waals surface area contributed by atoms with E-state index in [1.807, 2.05) is 24.3 Å². The Morgan fingerprint density at radius 1 is 1.20 bits per heavy atom. The van der Waals surface area contributed by atoms with Crippen molar-refractivity contribution >= 4 is 28.6 Å². The third-order valence-corrected chi connectivity index (χ3v) is 2.76. The van der Waals surface area contributed by atoms with Gasteiger partial charge in [0.05, 0.1) is 0 Å². The summed E-state index contributed by atoms with van der Waals surface area (Å²) in [6.07, 6.45) is 0. The summed E-state index contributed by atoms with van der Waals surface area (Å²) in [5, 5.41) is 0. The molecule has 1 aromatic carbocycles. The van der Waals surface area contributed by atoms with E-state index in [0.29, 0.717) is 6.54 Å². The first-order chi connectivity index (χ1) is 7.00. The van der Waals surface area contributed by atoms with Crippen molar-refractivity contribution in [2.75, 3.05) is 21.1 Å². The number of urea groups is 1. The molecule has 15 heavy (non-hydrogen) atoms.